The number of carbonyl (C=O) groups excluding carboxylic acids is 1. The highest BCUT2D eigenvalue weighted by Crippen LogP contribution is 2.30. The molecule has 0 unspecified atom stereocenters. The van der Waals surface area contributed by atoms with Crippen LogP contribution in [0.5, 0.6) is 0 Å². The minimum absolute atomic E-state index is 0.128. The van der Waals surface area contributed by atoms with E-state index in [4.69, 9.17) is 16.0 Å². The van der Waals surface area contributed by atoms with Crippen molar-refractivity contribution in [3.8, 4) is 0 Å². The highest BCUT2D eigenvalue weighted by Gasteiger charge is 2.30. The third-order valence-electron chi connectivity index (χ3n) is 5.77. The van der Waals surface area contributed by atoms with Gasteiger partial charge in [-0.05, 0) is 41.8 Å². The fourth-order valence-corrected chi connectivity index (χ4v) is 4.02. The molecule has 4 rings (SSSR count). The topological polar surface area (TPSA) is 58.4 Å². The van der Waals surface area contributed by atoms with Gasteiger partial charge in [0, 0.05) is 18.1 Å². The molecule has 9 heteroatoms. The number of nitrogens with zero attached hydrogens (tertiary/aromatic N) is 2. The molecule has 0 spiro atoms. The van der Waals surface area contributed by atoms with Gasteiger partial charge in [0.2, 0.25) is 5.89 Å². The molecule has 5 nitrogen and oxygen atoms in total. The monoisotopic (exact) mass is 527 g/mol. The third-order valence-corrected chi connectivity index (χ3v) is 6.02. The second-order valence-electron chi connectivity index (χ2n) is 8.70. The van der Waals surface area contributed by atoms with E-state index >= 15 is 0 Å². The van der Waals surface area contributed by atoms with Gasteiger partial charge in [0.1, 0.15) is 6.26 Å². The van der Waals surface area contributed by atoms with Crippen LogP contribution in [0.1, 0.15) is 51.6 Å². The van der Waals surface area contributed by atoms with Crippen molar-refractivity contribution < 1.29 is 22.4 Å². The average Bonchev–Trinajstić information content (AvgIpc) is 3.34. The number of hydrogen-bond donors (Lipinski definition) is 1. The van der Waals surface area contributed by atoms with E-state index in [1.807, 2.05) is 54.3 Å². The van der Waals surface area contributed by atoms with E-state index in [1.54, 1.807) is 18.2 Å². The summed E-state index contributed by atoms with van der Waals surface area (Å²) in [6.07, 6.45) is -3.15. The molecule has 1 aromatic heterocycles. The maximum atomic E-state index is 13.2. The third kappa shape index (κ3) is 7.44. The fourth-order valence-electron chi connectivity index (χ4n) is 3.89. The molecule has 4 aromatic rings. The molecular weight excluding hydrogens is 503 g/mol. The summed E-state index contributed by atoms with van der Waals surface area (Å²) in [7, 11) is 0. The lowest BCUT2D eigenvalue weighted by molar-refractivity contribution is -0.137. The quantitative estimate of drug-likeness (QED) is 0.253. The first kappa shape index (κ1) is 26.4. The summed E-state index contributed by atoms with van der Waals surface area (Å²) >= 11 is 5.99. The minimum Gasteiger partial charge on any atom is -0.447 e. The number of benzene rings is 3. The molecule has 0 bridgehead atoms. The van der Waals surface area contributed by atoms with Crippen molar-refractivity contribution in [3.63, 3.8) is 0 Å². The highest BCUT2D eigenvalue weighted by molar-refractivity contribution is 6.30. The molecule has 192 valence electrons. The standard InChI is InChI=1S/C28H25ClF3N3O2/c1-19(22-7-3-2-4-8-22)33-27(36)25-18-37-26(34-25)17-35(15-20-10-12-24(29)13-11-20)16-21-6-5-9-23(14-21)28(30,31)32/h2-14,18-19H,15-17H2,1H3,(H,33,36)/t19-/m0/s1. The van der Waals surface area contributed by atoms with E-state index < -0.39 is 11.7 Å². The molecular formula is C28H25ClF3N3O2. The number of amides is 1. The molecule has 3 aromatic carbocycles. The van der Waals surface area contributed by atoms with E-state index in [0.29, 0.717) is 17.1 Å². The van der Waals surface area contributed by atoms with E-state index in [-0.39, 0.29) is 36.6 Å². The molecule has 1 N–H and O–H groups in total. The number of halogens is 4. The Labute approximate surface area is 217 Å². The van der Waals surface area contributed by atoms with Gasteiger partial charge in [-0.2, -0.15) is 13.2 Å². The van der Waals surface area contributed by atoms with Gasteiger partial charge in [0.15, 0.2) is 5.69 Å². The molecule has 0 radical (unpaired) electrons. The highest BCUT2D eigenvalue weighted by atomic mass is 35.5. The molecule has 0 fully saturated rings. The van der Waals surface area contributed by atoms with Crippen molar-refractivity contribution in [1.82, 2.24) is 15.2 Å². The second-order valence-corrected chi connectivity index (χ2v) is 9.14. The van der Waals surface area contributed by atoms with Gasteiger partial charge in [-0.1, -0.05) is 72.3 Å². The first-order valence-corrected chi connectivity index (χ1v) is 12.0. The van der Waals surface area contributed by atoms with Gasteiger partial charge in [-0.25, -0.2) is 4.98 Å². The summed E-state index contributed by atoms with van der Waals surface area (Å²) in [4.78, 5) is 18.9. The number of carbonyl (C=O) groups is 1. The van der Waals surface area contributed by atoms with Crippen molar-refractivity contribution in [2.75, 3.05) is 0 Å². The zero-order valence-electron chi connectivity index (χ0n) is 20.0. The van der Waals surface area contributed by atoms with Crippen LogP contribution in [-0.4, -0.2) is 15.8 Å². The molecule has 0 aliphatic rings. The van der Waals surface area contributed by atoms with E-state index in [2.05, 4.69) is 10.3 Å². The summed E-state index contributed by atoms with van der Waals surface area (Å²) in [5.41, 5.74) is 1.78. The molecule has 1 amide bonds. The van der Waals surface area contributed by atoms with Crippen LogP contribution >= 0.6 is 11.6 Å². The SMILES string of the molecule is C[C@H](NC(=O)c1coc(CN(Cc2ccc(Cl)cc2)Cc2cccc(C(F)(F)F)c2)n1)c1ccccc1. The summed E-state index contributed by atoms with van der Waals surface area (Å²) in [5, 5.41) is 3.47. The molecule has 1 atom stereocenters. The summed E-state index contributed by atoms with van der Waals surface area (Å²) < 4.78 is 45.2. The van der Waals surface area contributed by atoms with Crippen molar-refractivity contribution in [2.45, 2.75) is 38.8 Å². The Hall–Kier alpha value is -3.62. The Balaban J connectivity index is 1.49. The largest absolute Gasteiger partial charge is 0.447 e. The lowest BCUT2D eigenvalue weighted by atomic mass is 10.1. The van der Waals surface area contributed by atoms with Gasteiger partial charge in [-0.15, -0.1) is 0 Å². The predicted octanol–water partition coefficient (Wildman–Crippen LogP) is 7.04. The van der Waals surface area contributed by atoms with Crippen molar-refractivity contribution >= 4 is 17.5 Å². The number of nitrogens with one attached hydrogen (secondary N) is 1. The average molecular weight is 528 g/mol. The normalized spacial score (nSPS) is 12.5. The lowest BCUT2D eigenvalue weighted by Gasteiger charge is -2.21. The first-order chi connectivity index (χ1) is 17.7. The molecule has 1 heterocycles. The predicted molar refractivity (Wildman–Crippen MR) is 135 cm³/mol. The van der Waals surface area contributed by atoms with Gasteiger partial charge in [-0.3, -0.25) is 9.69 Å². The van der Waals surface area contributed by atoms with Crippen LogP contribution in [0.15, 0.2) is 89.5 Å². The molecule has 0 aliphatic carbocycles. The van der Waals surface area contributed by atoms with E-state index in [9.17, 15) is 18.0 Å². The summed E-state index contributed by atoms with van der Waals surface area (Å²) in [6, 6.07) is 21.7. The maximum absolute atomic E-state index is 13.2. The van der Waals surface area contributed by atoms with Crippen LogP contribution < -0.4 is 5.32 Å². The van der Waals surface area contributed by atoms with Crippen molar-refractivity contribution in [2.24, 2.45) is 0 Å². The Morgan fingerprint density at radius 3 is 2.38 bits per heavy atom. The van der Waals surface area contributed by atoms with Gasteiger partial charge in [0.05, 0.1) is 18.2 Å². The van der Waals surface area contributed by atoms with E-state index in [1.165, 1.54) is 12.3 Å². The number of aromatic nitrogens is 1. The summed E-state index contributed by atoms with van der Waals surface area (Å²) in [6.45, 7) is 2.67. The van der Waals surface area contributed by atoms with Gasteiger partial charge in [0.25, 0.3) is 5.91 Å². The van der Waals surface area contributed by atoms with Gasteiger partial charge >= 0.3 is 6.18 Å². The number of hydrogen-bond acceptors (Lipinski definition) is 4. The van der Waals surface area contributed by atoms with E-state index in [0.717, 1.165) is 23.3 Å². The zero-order chi connectivity index (χ0) is 26.4. The zero-order valence-corrected chi connectivity index (χ0v) is 20.8. The van der Waals surface area contributed by atoms with Crippen LogP contribution in [0.2, 0.25) is 5.02 Å². The smallest absolute Gasteiger partial charge is 0.416 e. The maximum Gasteiger partial charge on any atom is 0.416 e. The second kappa shape index (κ2) is 11.6. The molecule has 0 saturated carbocycles. The number of oxazole rings is 1. The van der Waals surface area contributed by atoms with Crippen LogP contribution in [0.25, 0.3) is 0 Å². The number of alkyl halides is 3. The van der Waals surface area contributed by atoms with Crippen LogP contribution in [0, 0.1) is 0 Å². The van der Waals surface area contributed by atoms with Gasteiger partial charge < -0.3 is 9.73 Å². The lowest BCUT2D eigenvalue weighted by Crippen LogP contribution is -2.27. The van der Waals surface area contributed by atoms with Crippen LogP contribution in [0.3, 0.4) is 0 Å². The fraction of sp³-hybridized carbons (Fsp3) is 0.214. The molecule has 0 aliphatic heterocycles. The minimum atomic E-state index is -4.43. The molecule has 37 heavy (non-hydrogen) atoms. The Kier molecular flexibility index (Phi) is 8.31. The van der Waals surface area contributed by atoms with Crippen LogP contribution in [0.4, 0.5) is 13.2 Å². The Morgan fingerprint density at radius 2 is 1.68 bits per heavy atom. The Morgan fingerprint density at radius 1 is 0.973 bits per heavy atom. The first-order valence-electron chi connectivity index (χ1n) is 11.6. The van der Waals surface area contributed by atoms with Crippen LogP contribution in [-0.2, 0) is 25.8 Å². The summed E-state index contributed by atoms with van der Waals surface area (Å²) in [5.74, 6) is -0.105. The van der Waals surface area contributed by atoms with Crippen molar-refractivity contribution in [1.29, 1.82) is 0 Å². The molecule has 0 saturated heterocycles. The Bertz CT molecular complexity index is 1320. The van der Waals surface area contributed by atoms with Crippen molar-refractivity contribution in [3.05, 3.63) is 124 Å². The number of rotatable bonds is 9.